The maximum Gasteiger partial charge on any atom is 0.170 e. The van der Waals surface area contributed by atoms with Crippen molar-refractivity contribution in [3.63, 3.8) is 0 Å². The lowest BCUT2D eigenvalue weighted by Gasteiger charge is -2.23. The third-order valence-electron chi connectivity index (χ3n) is 4.56. The number of aromatic nitrogens is 3. The van der Waals surface area contributed by atoms with Crippen LogP contribution in [0.1, 0.15) is 43.4 Å². The molecular formula is C13H13ClIN3. The van der Waals surface area contributed by atoms with Gasteiger partial charge in [0.1, 0.15) is 5.15 Å². The van der Waals surface area contributed by atoms with E-state index in [1.807, 2.05) is 6.20 Å². The number of nitrogens with zero attached hydrogens (tertiary/aromatic N) is 3. The van der Waals surface area contributed by atoms with Crippen LogP contribution in [0.5, 0.6) is 0 Å². The average molecular weight is 374 g/mol. The van der Waals surface area contributed by atoms with E-state index >= 15 is 0 Å². The minimum absolute atomic E-state index is 0.327. The normalized spacial score (nSPS) is 21.0. The number of fused-ring (bicyclic) bond motifs is 3. The molecule has 4 rings (SSSR count). The zero-order valence-corrected chi connectivity index (χ0v) is 12.8. The van der Waals surface area contributed by atoms with Crippen molar-refractivity contribution < 1.29 is 0 Å². The smallest absolute Gasteiger partial charge is 0.170 e. The van der Waals surface area contributed by atoms with Crippen molar-refractivity contribution in [2.24, 2.45) is 0 Å². The van der Waals surface area contributed by atoms with E-state index in [4.69, 9.17) is 16.6 Å². The lowest BCUT2D eigenvalue weighted by atomic mass is 9.83. The van der Waals surface area contributed by atoms with Gasteiger partial charge in [0.2, 0.25) is 0 Å². The fourth-order valence-corrected chi connectivity index (χ4v) is 4.43. The number of halogens is 2. The van der Waals surface area contributed by atoms with E-state index in [1.54, 1.807) is 4.52 Å². The summed E-state index contributed by atoms with van der Waals surface area (Å²) in [4.78, 5) is 4.92. The van der Waals surface area contributed by atoms with Gasteiger partial charge >= 0.3 is 0 Å². The van der Waals surface area contributed by atoms with Gasteiger partial charge in [0.15, 0.2) is 5.65 Å². The van der Waals surface area contributed by atoms with Crippen LogP contribution in [0.2, 0.25) is 5.15 Å². The van der Waals surface area contributed by atoms with Crippen molar-refractivity contribution in [3.8, 4) is 0 Å². The van der Waals surface area contributed by atoms with Gasteiger partial charge in [-0.25, -0.2) is 9.50 Å². The van der Waals surface area contributed by atoms with Crippen LogP contribution >= 0.6 is 34.2 Å². The van der Waals surface area contributed by atoms with Crippen molar-refractivity contribution in [2.75, 3.05) is 0 Å². The van der Waals surface area contributed by atoms with E-state index in [-0.39, 0.29) is 0 Å². The van der Waals surface area contributed by atoms with Crippen LogP contribution in [0.15, 0.2) is 6.20 Å². The van der Waals surface area contributed by atoms with Crippen LogP contribution in [0.3, 0.4) is 0 Å². The standard InChI is InChI=1S/C13H13ClIN3/c14-11-8-3-6-13(4-1-2-5-13)10(8)17-12-9(15)7-16-18(11)12/h7H,1-6H2. The molecule has 0 aromatic carbocycles. The molecule has 2 aliphatic carbocycles. The first kappa shape index (κ1) is 11.5. The van der Waals surface area contributed by atoms with Crippen molar-refractivity contribution in [3.05, 3.63) is 26.2 Å². The van der Waals surface area contributed by atoms with Gasteiger partial charge in [-0.05, 0) is 48.3 Å². The van der Waals surface area contributed by atoms with Gasteiger partial charge in [0.25, 0.3) is 0 Å². The molecule has 0 radical (unpaired) electrons. The van der Waals surface area contributed by atoms with Crippen LogP contribution in [-0.2, 0) is 11.8 Å². The zero-order chi connectivity index (χ0) is 12.3. The van der Waals surface area contributed by atoms with Gasteiger partial charge in [0.05, 0.1) is 15.5 Å². The van der Waals surface area contributed by atoms with Gasteiger partial charge in [-0.15, -0.1) is 0 Å². The van der Waals surface area contributed by atoms with Gasteiger partial charge in [-0.2, -0.15) is 5.10 Å². The molecule has 0 saturated heterocycles. The van der Waals surface area contributed by atoms with Crippen LogP contribution in [-0.4, -0.2) is 14.6 Å². The number of hydrogen-bond donors (Lipinski definition) is 0. The summed E-state index contributed by atoms with van der Waals surface area (Å²) in [6.45, 7) is 0. The van der Waals surface area contributed by atoms with E-state index in [2.05, 4.69) is 27.7 Å². The molecule has 0 unspecified atom stereocenters. The Labute approximate surface area is 124 Å². The second-order valence-electron chi connectivity index (χ2n) is 5.45. The molecule has 0 amide bonds. The molecule has 2 aromatic heterocycles. The number of rotatable bonds is 0. The maximum absolute atomic E-state index is 6.52. The highest BCUT2D eigenvalue weighted by molar-refractivity contribution is 14.1. The lowest BCUT2D eigenvalue weighted by Crippen LogP contribution is -2.20. The Kier molecular flexibility index (Phi) is 2.43. The third kappa shape index (κ3) is 1.36. The first-order valence-electron chi connectivity index (χ1n) is 6.43. The van der Waals surface area contributed by atoms with Crippen LogP contribution in [0.4, 0.5) is 0 Å². The van der Waals surface area contributed by atoms with E-state index in [0.29, 0.717) is 5.41 Å². The average Bonchev–Trinajstić information content (AvgIpc) is 3.05. The quantitative estimate of drug-likeness (QED) is 0.520. The molecular weight excluding hydrogens is 361 g/mol. The lowest BCUT2D eigenvalue weighted by molar-refractivity contribution is 0.429. The topological polar surface area (TPSA) is 30.2 Å². The molecule has 1 spiro atoms. The SMILES string of the molecule is Clc1c2c(nc3c(I)cnn13)C1(CCCC1)CC2. The second-order valence-corrected chi connectivity index (χ2v) is 6.97. The molecule has 94 valence electrons. The predicted octanol–water partition coefficient (Wildman–Crippen LogP) is 3.75. The van der Waals surface area contributed by atoms with Gasteiger partial charge < -0.3 is 0 Å². The fourth-order valence-electron chi connectivity index (χ4n) is 3.65. The Morgan fingerprint density at radius 1 is 1.28 bits per heavy atom. The fraction of sp³-hybridized carbons (Fsp3) is 0.538. The molecule has 1 fully saturated rings. The van der Waals surface area contributed by atoms with Crippen LogP contribution in [0, 0.1) is 3.57 Å². The summed E-state index contributed by atoms with van der Waals surface area (Å²) in [6, 6.07) is 0. The second kappa shape index (κ2) is 3.82. The Hall–Kier alpha value is -0.360. The van der Waals surface area contributed by atoms with E-state index in [0.717, 1.165) is 20.8 Å². The van der Waals surface area contributed by atoms with Gasteiger partial charge in [-0.1, -0.05) is 24.4 Å². The Bertz CT molecular complexity index is 643. The van der Waals surface area contributed by atoms with Crippen molar-refractivity contribution in [1.82, 2.24) is 14.6 Å². The van der Waals surface area contributed by atoms with E-state index in [9.17, 15) is 0 Å². The Morgan fingerprint density at radius 2 is 2.06 bits per heavy atom. The monoisotopic (exact) mass is 373 g/mol. The van der Waals surface area contributed by atoms with E-state index in [1.165, 1.54) is 43.4 Å². The van der Waals surface area contributed by atoms with Crippen molar-refractivity contribution >= 4 is 39.8 Å². The summed E-state index contributed by atoms with van der Waals surface area (Å²) in [5.74, 6) is 0. The Balaban J connectivity index is 2.04. The minimum atomic E-state index is 0.327. The largest absolute Gasteiger partial charge is 0.232 e. The molecule has 18 heavy (non-hydrogen) atoms. The molecule has 3 nitrogen and oxygen atoms in total. The molecule has 2 aromatic rings. The van der Waals surface area contributed by atoms with Gasteiger partial charge in [0, 0.05) is 11.0 Å². The van der Waals surface area contributed by atoms with Crippen LogP contribution < -0.4 is 0 Å². The summed E-state index contributed by atoms with van der Waals surface area (Å²) in [7, 11) is 0. The number of hydrogen-bond acceptors (Lipinski definition) is 2. The first-order valence-corrected chi connectivity index (χ1v) is 7.89. The highest BCUT2D eigenvalue weighted by Crippen LogP contribution is 2.50. The molecule has 2 heterocycles. The molecule has 5 heteroatoms. The summed E-state index contributed by atoms with van der Waals surface area (Å²) < 4.78 is 2.87. The third-order valence-corrected chi connectivity index (χ3v) is 5.71. The highest BCUT2D eigenvalue weighted by Gasteiger charge is 2.43. The predicted molar refractivity (Wildman–Crippen MR) is 79.2 cm³/mol. The molecule has 2 aliphatic rings. The summed E-state index contributed by atoms with van der Waals surface area (Å²) in [5, 5.41) is 5.10. The maximum atomic E-state index is 6.52. The van der Waals surface area contributed by atoms with Crippen LogP contribution in [0.25, 0.3) is 5.65 Å². The minimum Gasteiger partial charge on any atom is -0.232 e. The van der Waals surface area contributed by atoms with Crippen molar-refractivity contribution in [1.29, 1.82) is 0 Å². The molecule has 0 bridgehead atoms. The highest BCUT2D eigenvalue weighted by atomic mass is 127. The summed E-state index contributed by atoms with van der Waals surface area (Å²) >= 11 is 8.80. The molecule has 1 saturated carbocycles. The molecule has 0 atom stereocenters. The molecule has 0 N–H and O–H groups in total. The first-order chi connectivity index (χ1) is 8.71. The summed E-state index contributed by atoms with van der Waals surface area (Å²) in [5.41, 5.74) is 3.77. The van der Waals surface area contributed by atoms with Crippen molar-refractivity contribution in [2.45, 2.75) is 43.9 Å². The Morgan fingerprint density at radius 3 is 2.83 bits per heavy atom. The summed E-state index contributed by atoms with van der Waals surface area (Å²) in [6.07, 6.45) is 9.35. The molecule has 0 aliphatic heterocycles. The van der Waals surface area contributed by atoms with Gasteiger partial charge in [-0.3, -0.25) is 0 Å². The zero-order valence-electron chi connectivity index (χ0n) is 9.92. The van der Waals surface area contributed by atoms with E-state index < -0.39 is 0 Å².